The SMILES string of the molecule is COc1cc(F)c(F)cc1-c1ccc(OCc2ccc3ccn(CC(=O)O)c3c2)cc1. The molecule has 0 aliphatic carbocycles. The molecule has 0 spiro atoms. The second kappa shape index (κ2) is 8.47. The summed E-state index contributed by atoms with van der Waals surface area (Å²) in [5.41, 5.74) is 2.82. The molecule has 7 heteroatoms. The minimum atomic E-state index is -0.966. The minimum Gasteiger partial charge on any atom is -0.496 e. The first kappa shape index (κ1) is 20.4. The van der Waals surface area contributed by atoms with Crippen LogP contribution in [0.15, 0.2) is 66.9 Å². The van der Waals surface area contributed by atoms with E-state index >= 15 is 0 Å². The molecule has 1 N–H and O–H groups in total. The second-order valence-electron chi connectivity index (χ2n) is 7.01. The van der Waals surface area contributed by atoms with Crippen molar-refractivity contribution in [1.29, 1.82) is 0 Å². The van der Waals surface area contributed by atoms with Gasteiger partial charge in [0.1, 0.15) is 24.7 Å². The lowest BCUT2D eigenvalue weighted by molar-refractivity contribution is -0.137. The summed E-state index contributed by atoms with van der Waals surface area (Å²) >= 11 is 0. The van der Waals surface area contributed by atoms with Gasteiger partial charge in [0.15, 0.2) is 11.6 Å². The van der Waals surface area contributed by atoms with Crippen LogP contribution in [0, 0.1) is 11.6 Å². The van der Waals surface area contributed by atoms with Gasteiger partial charge >= 0.3 is 5.97 Å². The summed E-state index contributed by atoms with van der Waals surface area (Å²) < 4.78 is 39.8. The molecule has 0 saturated heterocycles. The third kappa shape index (κ3) is 4.35. The number of aliphatic carboxylic acids is 1. The highest BCUT2D eigenvalue weighted by Gasteiger charge is 2.12. The Hall–Kier alpha value is -3.87. The summed E-state index contributed by atoms with van der Waals surface area (Å²) in [4.78, 5) is 11.0. The molecule has 4 rings (SSSR count). The summed E-state index contributed by atoms with van der Waals surface area (Å²) in [5.74, 6) is -1.97. The molecule has 0 unspecified atom stereocenters. The molecule has 0 aliphatic rings. The van der Waals surface area contributed by atoms with Crippen LogP contribution in [0.3, 0.4) is 0 Å². The Bertz CT molecular complexity index is 1250. The first-order chi connectivity index (χ1) is 14.9. The number of aromatic nitrogens is 1. The number of methoxy groups -OCH3 is 1. The van der Waals surface area contributed by atoms with Crippen LogP contribution in [-0.4, -0.2) is 22.8 Å². The third-order valence-corrected chi connectivity index (χ3v) is 4.96. The topological polar surface area (TPSA) is 60.7 Å². The highest BCUT2D eigenvalue weighted by atomic mass is 19.2. The zero-order valence-electron chi connectivity index (χ0n) is 16.6. The Labute approximate surface area is 177 Å². The molecule has 1 aromatic heterocycles. The molecule has 0 aliphatic heterocycles. The highest BCUT2D eigenvalue weighted by Crippen LogP contribution is 2.33. The Morgan fingerprint density at radius 3 is 2.45 bits per heavy atom. The van der Waals surface area contributed by atoms with E-state index in [9.17, 15) is 13.6 Å². The van der Waals surface area contributed by atoms with E-state index in [1.54, 1.807) is 35.0 Å². The Morgan fingerprint density at radius 2 is 1.74 bits per heavy atom. The second-order valence-corrected chi connectivity index (χ2v) is 7.01. The number of ether oxygens (including phenoxy) is 2. The van der Waals surface area contributed by atoms with Crippen LogP contribution in [-0.2, 0) is 17.9 Å². The van der Waals surface area contributed by atoms with Crippen LogP contribution < -0.4 is 9.47 Å². The van der Waals surface area contributed by atoms with Crippen LogP contribution in [0.2, 0.25) is 0 Å². The van der Waals surface area contributed by atoms with Crippen molar-refractivity contribution < 1.29 is 28.2 Å². The molecule has 31 heavy (non-hydrogen) atoms. The van der Waals surface area contributed by atoms with E-state index in [-0.39, 0.29) is 12.3 Å². The Kier molecular flexibility index (Phi) is 5.58. The summed E-state index contributed by atoms with van der Waals surface area (Å²) in [7, 11) is 1.40. The van der Waals surface area contributed by atoms with E-state index in [2.05, 4.69) is 0 Å². The lowest BCUT2D eigenvalue weighted by atomic mass is 10.0. The number of carboxylic acids is 1. The Balaban J connectivity index is 1.50. The molecular weight excluding hydrogens is 404 g/mol. The number of rotatable bonds is 7. The molecule has 0 radical (unpaired) electrons. The molecule has 0 fully saturated rings. The van der Waals surface area contributed by atoms with E-state index in [4.69, 9.17) is 14.6 Å². The normalized spacial score (nSPS) is 10.9. The van der Waals surface area contributed by atoms with Gasteiger partial charge in [-0.1, -0.05) is 24.3 Å². The van der Waals surface area contributed by atoms with Crippen molar-refractivity contribution in [1.82, 2.24) is 4.57 Å². The average Bonchev–Trinajstić information content (AvgIpc) is 3.15. The van der Waals surface area contributed by atoms with Crippen LogP contribution in [0.4, 0.5) is 8.78 Å². The van der Waals surface area contributed by atoms with Crippen LogP contribution in [0.5, 0.6) is 11.5 Å². The number of carbonyl (C=O) groups is 1. The number of hydrogen-bond donors (Lipinski definition) is 1. The molecule has 0 amide bonds. The highest BCUT2D eigenvalue weighted by molar-refractivity contribution is 5.82. The first-order valence-electron chi connectivity index (χ1n) is 9.50. The quantitative estimate of drug-likeness (QED) is 0.441. The summed E-state index contributed by atoms with van der Waals surface area (Å²) in [6.07, 6.45) is 1.74. The summed E-state index contributed by atoms with van der Waals surface area (Å²) in [6, 6.07) is 16.7. The van der Waals surface area contributed by atoms with E-state index < -0.39 is 17.6 Å². The predicted molar refractivity (Wildman–Crippen MR) is 112 cm³/mol. The van der Waals surface area contributed by atoms with Gasteiger partial charge in [-0.3, -0.25) is 4.79 Å². The van der Waals surface area contributed by atoms with Crippen LogP contribution >= 0.6 is 0 Å². The number of hydrogen-bond acceptors (Lipinski definition) is 3. The van der Waals surface area contributed by atoms with Gasteiger partial charge in [-0.25, -0.2) is 8.78 Å². The largest absolute Gasteiger partial charge is 0.496 e. The fourth-order valence-electron chi connectivity index (χ4n) is 3.42. The van der Waals surface area contributed by atoms with Crippen molar-refractivity contribution in [3.8, 4) is 22.6 Å². The zero-order valence-corrected chi connectivity index (χ0v) is 16.6. The zero-order chi connectivity index (χ0) is 22.0. The van der Waals surface area contributed by atoms with E-state index in [0.717, 1.165) is 28.6 Å². The van der Waals surface area contributed by atoms with Gasteiger partial charge in [-0.2, -0.15) is 0 Å². The van der Waals surface area contributed by atoms with Gasteiger partial charge in [-0.15, -0.1) is 0 Å². The standard InChI is InChI=1S/C24H19F2NO4/c1-30-23-12-21(26)20(25)11-19(23)16-4-6-18(7-5-16)31-14-15-2-3-17-8-9-27(13-24(28)29)22(17)10-15/h2-12H,13-14H2,1H3,(H,28,29). The monoisotopic (exact) mass is 423 g/mol. The fraction of sp³-hybridized carbons (Fsp3) is 0.125. The lowest BCUT2D eigenvalue weighted by Gasteiger charge is -2.11. The molecule has 0 bridgehead atoms. The number of carboxylic acid groups (broad SMARTS) is 1. The van der Waals surface area contributed by atoms with Gasteiger partial charge in [-0.05, 0) is 46.8 Å². The molecule has 4 aromatic rings. The van der Waals surface area contributed by atoms with Crippen molar-refractivity contribution in [2.24, 2.45) is 0 Å². The molecule has 0 saturated carbocycles. The van der Waals surface area contributed by atoms with Gasteiger partial charge < -0.3 is 19.1 Å². The number of benzene rings is 3. The number of nitrogens with zero attached hydrogens (tertiary/aromatic N) is 1. The molecule has 0 atom stereocenters. The Morgan fingerprint density at radius 1 is 1.00 bits per heavy atom. The minimum absolute atomic E-state index is 0.108. The predicted octanol–water partition coefficient (Wildman–Crippen LogP) is 5.26. The summed E-state index contributed by atoms with van der Waals surface area (Å²) in [6.45, 7) is 0.185. The van der Waals surface area contributed by atoms with Gasteiger partial charge in [0.25, 0.3) is 0 Å². The van der Waals surface area contributed by atoms with E-state index in [0.29, 0.717) is 23.5 Å². The number of fused-ring (bicyclic) bond motifs is 1. The maximum absolute atomic E-state index is 13.7. The van der Waals surface area contributed by atoms with Crippen molar-refractivity contribution >= 4 is 16.9 Å². The van der Waals surface area contributed by atoms with Gasteiger partial charge in [0.2, 0.25) is 0 Å². The third-order valence-electron chi connectivity index (χ3n) is 4.96. The average molecular weight is 423 g/mol. The van der Waals surface area contributed by atoms with Crippen molar-refractivity contribution in [3.63, 3.8) is 0 Å². The van der Waals surface area contributed by atoms with E-state index in [1.807, 2.05) is 24.3 Å². The fourth-order valence-corrected chi connectivity index (χ4v) is 3.42. The van der Waals surface area contributed by atoms with Crippen molar-refractivity contribution in [2.45, 2.75) is 13.2 Å². The van der Waals surface area contributed by atoms with Crippen molar-refractivity contribution in [3.05, 3.63) is 84.1 Å². The summed E-state index contributed by atoms with van der Waals surface area (Å²) in [5, 5.41) is 9.99. The maximum atomic E-state index is 13.7. The first-order valence-corrected chi connectivity index (χ1v) is 9.50. The lowest BCUT2D eigenvalue weighted by Crippen LogP contribution is -2.07. The molecule has 3 aromatic carbocycles. The van der Waals surface area contributed by atoms with Crippen LogP contribution in [0.1, 0.15) is 5.56 Å². The molecular formula is C24H19F2NO4. The maximum Gasteiger partial charge on any atom is 0.323 e. The molecule has 5 nitrogen and oxygen atoms in total. The van der Waals surface area contributed by atoms with Crippen LogP contribution in [0.25, 0.3) is 22.0 Å². The van der Waals surface area contributed by atoms with E-state index in [1.165, 1.54) is 7.11 Å². The smallest absolute Gasteiger partial charge is 0.323 e. The molecule has 158 valence electrons. The van der Waals surface area contributed by atoms with Gasteiger partial charge in [0, 0.05) is 23.3 Å². The van der Waals surface area contributed by atoms with Crippen molar-refractivity contribution in [2.75, 3.05) is 7.11 Å². The number of halogens is 2. The molecule has 1 heterocycles. The van der Waals surface area contributed by atoms with Gasteiger partial charge in [0.05, 0.1) is 7.11 Å².